The highest BCUT2D eigenvalue weighted by Crippen LogP contribution is 2.23. The van der Waals surface area contributed by atoms with Crippen molar-refractivity contribution in [3.63, 3.8) is 0 Å². The molecule has 0 aromatic heterocycles. The number of benzene rings is 3. The molecule has 33 heavy (non-hydrogen) atoms. The average molecular weight is 535 g/mol. The Kier molecular flexibility index (Phi) is 9.30. The second kappa shape index (κ2) is 12.4. The minimum Gasteiger partial charge on any atom is -0.506 e. The van der Waals surface area contributed by atoms with Crippen LogP contribution in [0.1, 0.15) is 29.9 Å². The van der Waals surface area contributed by atoms with Gasteiger partial charge in [0.15, 0.2) is 0 Å². The van der Waals surface area contributed by atoms with E-state index < -0.39 is 5.91 Å². The molecule has 0 saturated heterocycles. The van der Waals surface area contributed by atoms with Gasteiger partial charge >= 0.3 is 0 Å². The molecule has 0 unspecified atom stereocenters. The number of amides is 1. The van der Waals surface area contributed by atoms with Crippen LogP contribution in [-0.4, -0.2) is 36.9 Å². The molecular weight excluding hydrogens is 506 g/mol. The first-order chi connectivity index (χ1) is 15.9. The molecule has 0 bridgehead atoms. The molecule has 1 amide bonds. The number of ether oxygens (including phenoxy) is 1. The highest BCUT2D eigenvalue weighted by atomic mass is 79.9. The molecule has 6 nitrogen and oxygen atoms in total. The molecule has 0 atom stereocenters. The van der Waals surface area contributed by atoms with Gasteiger partial charge in [0, 0.05) is 19.4 Å². The van der Waals surface area contributed by atoms with E-state index in [4.69, 9.17) is 16.3 Å². The number of hydrazone groups is 1. The Bertz CT molecular complexity index is 1130. The number of carbonyl (C=O) groups excluding carboxylic acids is 1. The largest absolute Gasteiger partial charge is 0.506 e. The highest BCUT2D eigenvalue weighted by molar-refractivity contribution is 9.10. The predicted octanol–water partition coefficient (Wildman–Crippen LogP) is 5.58. The number of nitrogens with zero attached hydrogens (tertiary/aromatic N) is 1. The summed E-state index contributed by atoms with van der Waals surface area (Å²) in [6, 6.07) is 18.2. The summed E-state index contributed by atoms with van der Waals surface area (Å²) in [6.07, 6.45) is 2.50. The van der Waals surface area contributed by atoms with Crippen LogP contribution in [-0.2, 0) is 6.42 Å². The number of hydrogen-bond acceptors (Lipinski definition) is 5. The van der Waals surface area contributed by atoms with E-state index in [1.807, 2.05) is 37.3 Å². The van der Waals surface area contributed by atoms with Gasteiger partial charge in [0.25, 0.3) is 5.91 Å². The van der Waals surface area contributed by atoms with Gasteiger partial charge in [-0.3, -0.25) is 4.79 Å². The zero-order chi connectivity index (χ0) is 23.6. The summed E-state index contributed by atoms with van der Waals surface area (Å²) >= 11 is 9.28. The number of phenols is 1. The van der Waals surface area contributed by atoms with Crippen LogP contribution in [0.4, 0.5) is 0 Å². The highest BCUT2D eigenvalue weighted by Gasteiger charge is 2.07. The quantitative estimate of drug-likeness (QED) is 0.180. The van der Waals surface area contributed by atoms with Gasteiger partial charge in [0.1, 0.15) is 18.1 Å². The Labute approximate surface area is 209 Å². The van der Waals surface area contributed by atoms with Crippen LogP contribution in [0.3, 0.4) is 0 Å². The molecule has 0 spiro atoms. The third-order valence-corrected chi connectivity index (χ3v) is 5.67. The first kappa shape index (κ1) is 24.8. The van der Waals surface area contributed by atoms with Crippen LogP contribution in [0.25, 0.3) is 0 Å². The third kappa shape index (κ3) is 7.89. The zero-order valence-electron chi connectivity index (χ0n) is 18.1. The van der Waals surface area contributed by atoms with Crippen molar-refractivity contribution in [2.24, 2.45) is 5.10 Å². The molecule has 0 radical (unpaired) electrons. The van der Waals surface area contributed by atoms with Crippen LogP contribution >= 0.6 is 27.5 Å². The van der Waals surface area contributed by atoms with E-state index in [1.165, 1.54) is 23.8 Å². The van der Waals surface area contributed by atoms with Crippen molar-refractivity contribution in [2.75, 3.05) is 19.7 Å². The molecule has 176 valence electrons. The van der Waals surface area contributed by atoms with Crippen molar-refractivity contribution >= 4 is 39.7 Å². The lowest BCUT2D eigenvalue weighted by atomic mass is 10.1. The molecule has 0 aliphatic heterocycles. The van der Waals surface area contributed by atoms with Gasteiger partial charge in [-0.25, -0.2) is 5.43 Å². The second-order valence-corrected chi connectivity index (χ2v) is 8.69. The van der Waals surface area contributed by atoms with E-state index in [0.717, 1.165) is 40.9 Å². The fraction of sp³-hybridized carbons (Fsp3) is 0.200. The lowest BCUT2D eigenvalue weighted by molar-refractivity contribution is 0.0955. The maximum Gasteiger partial charge on any atom is 0.271 e. The lowest BCUT2D eigenvalue weighted by Crippen LogP contribution is -2.23. The minimum absolute atomic E-state index is 0. The van der Waals surface area contributed by atoms with Crippen molar-refractivity contribution in [1.29, 1.82) is 0 Å². The first-order valence-electron chi connectivity index (χ1n) is 10.4. The third-order valence-electron chi connectivity index (χ3n) is 4.84. The summed E-state index contributed by atoms with van der Waals surface area (Å²) in [7, 11) is 0. The van der Waals surface area contributed by atoms with E-state index >= 15 is 0 Å². The van der Waals surface area contributed by atoms with Crippen LogP contribution in [0.15, 0.2) is 70.2 Å². The molecule has 0 aliphatic rings. The predicted molar refractivity (Wildman–Crippen MR) is 140 cm³/mol. The summed E-state index contributed by atoms with van der Waals surface area (Å²) in [5.74, 6) is 0.264. The van der Waals surface area contributed by atoms with Gasteiger partial charge < -0.3 is 15.2 Å². The van der Waals surface area contributed by atoms with Crippen LogP contribution in [0, 0.1) is 6.92 Å². The van der Waals surface area contributed by atoms with E-state index in [9.17, 15) is 9.90 Å². The Morgan fingerprint density at radius 1 is 1.15 bits per heavy atom. The van der Waals surface area contributed by atoms with Gasteiger partial charge in [-0.1, -0.05) is 51.8 Å². The maximum atomic E-state index is 12.2. The van der Waals surface area contributed by atoms with Crippen molar-refractivity contribution < 1.29 is 17.5 Å². The SMILES string of the molecule is Cc1ccc(/C=N/NC(=O)c2ccc(O)c(Cl)c2)cc1OCCNCCc1ccc(Br)cc1.[HH].[HH]. The molecule has 0 heterocycles. The fourth-order valence-electron chi connectivity index (χ4n) is 2.97. The monoisotopic (exact) mass is 533 g/mol. The Morgan fingerprint density at radius 3 is 2.70 bits per heavy atom. The van der Waals surface area contributed by atoms with E-state index in [2.05, 4.69) is 43.9 Å². The summed E-state index contributed by atoms with van der Waals surface area (Å²) < 4.78 is 6.99. The van der Waals surface area contributed by atoms with Gasteiger partial charge in [0.05, 0.1) is 11.2 Å². The van der Waals surface area contributed by atoms with E-state index in [-0.39, 0.29) is 13.6 Å². The summed E-state index contributed by atoms with van der Waals surface area (Å²) in [5.41, 5.74) is 5.85. The van der Waals surface area contributed by atoms with Crippen molar-refractivity contribution in [3.8, 4) is 11.5 Å². The number of aromatic hydroxyl groups is 1. The molecular formula is C25H29BrClN3O3. The van der Waals surface area contributed by atoms with Crippen molar-refractivity contribution in [2.45, 2.75) is 13.3 Å². The minimum atomic E-state index is -0.425. The number of phenolic OH excluding ortho intramolecular Hbond substituents is 1. The molecule has 8 heteroatoms. The maximum absolute atomic E-state index is 12.2. The van der Waals surface area contributed by atoms with Crippen LogP contribution in [0.2, 0.25) is 5.02 Å². The smallest absolute Gasteiger partial charge is 0.271 e. The molecule has 3 aromatic rings. The van der Waals surface area contributed by atoms with E-state index in [1.54, 1.807) is 6.21 Å². The number of rotatable bonds is 10. The summed E-state index contributed by atoms with van der Waals surface area (Å²) in [4.78, 5) is 12.2. The summed E-state index contributed by atoms with van der Waals surface area (Å²) in [5, 5.41) is 16.9. The Morgan fingerprint density at radius 2 is 1.94 bits per heavy atom. The number of nitrogens with one attached hydrogen (secondary N) is 2. The Hall–Kier alpha value is -2.87. The topological polar surface area (TPSA) is 83.0 Å². The second-order valence-electron chi connectivity index (χ2n) is 7.37. The number of hydrogen-bond donors (Lipinski definition) is 3. The molecule has 0 saturated carbocycles. The number of halogens is 2. The van der Waals surface area contributed by atoms with Crippen molar-refractivity contribution in [3.05, 3.63) is 92.4 Å². The normalized spacial score (nSPS) is 11.0. The molecule has 0 fully saturated rings. The zero-order valence-corrected chi connectivity index (χ0v) is 20.5. The molecule has 3 rings (SSSR count). The molecule has 3 N–H and O–H groups in total. The summed E-state index contributed by atoms with van der Waals surface area (Å²) in [6.45, 7) is 4.13. The van der Waals surface area contributed by atoms with Gasteiger partial charge in [0.2, 0.25) is 0 Å². The van der Waals surface area contributed by atoms with Gasteiger partial charge in [-0.15, -0.1) is 0 Å². The average Bonchev–Trinajstić information content (AvgIpc) is 2.80. The van der Waals surface area contributed by atoms with Crippen LogP contribution < -0.4 is 15.5 Å². The lowest BCUT2D eigenvalue weighted by Gasteiger charge is -2.11. The molecule has 0 aliphatic carbocycles. The van der Waals surface area contributed by atoms with Gasteiger partial charge in [-0.05, 0) is 73.0 Å². The fourth-order valence-corrected chi connectivity index (χ4v) is 3.42. The van der Waals surface area contributed by atoms with Gasteiger partial charge in [-0.2, -0.15) is 5.10 Å². The van der Waals surface area contributed by atoms with Crippen LogP contribution in [0.5, 0.6) is 11.5 Å². The van der Waals surface area contributed by atoms with Crippen molar-refractivity contribution in [1.82, 2.24) is 10.7 Å². The Balaban J connectivity index is 0.00000306. The number of aryl methyl sites for hydroxylation is 1. The first-order valence-corrected chi connectivity index (χ1v) is 11.6. The molecule has 3 aromatic carbocycles. The van der Waals surface area contributed by atoms with E-state index in [0.29, 0.717) is 12.2 Å². The standard InChI is InChI=1S/C25H25BrClN3O3.2H2/c1-17-2-3-19(16-29-30-25(32)20-6-9-23(31)22(27)15-20)14-24(17)33-13-12-28-11-10-18-4-7-21(26)8-5-18;;/h2-9,14-16,28,31H,10-13H2,1H3,(H,30,32);2*1H/b29-16+;;. The number of carbonyl (C=O) groups is 1.